The standard InChI is InChI=1S/C11H23N/c1-8(2)7-9(3)10(4)12-11-5-6-11/h8-12H,5-7H2,1-4H3. The summed E-state index contributed by atoms with van der Waals surface area (Å²) in [6.45, 7) is 9.30. The summed E-state index contributed by atoms with van der Waals surface area (Å²) in [5.41, 5.74) is 0. The Bertz CT molecular complexity index is 119. The van der Waals surface area contributed by atoms with E-state index in [1.54, 1.807) is 0 Å². The van der Waals surface area contributed by atoms with Gasteiger partial charge in [0.05, 0.1) is 0 Å². The molecule has 0 aromatic heterocycles. The van der Waals surface area contributed by atoms with Crippen molar-refractivity contribution in [1.82, 2.24) is 5.32 Å². The van der Waals surface area contributed by atoms with E-state index in [-0.39, 0.29) is 0 Å². The van der Waals surface area contributed by atoms with Crippen molar-refractivity contribution in [2.45, 2.75) is 59.0 Å². The summed E-state index contributed by atoms with van der Waals surface area (Å²) in [6.07, 6.45) is 4.15. The van der Waals surface area contributed by atoms with Crippen molar-refractivity contribution in [2.75, 3.05) is 0 Å². The molecule has 1 saturated carbocycles. The van der Waals surface area contributed by atoms with Gasteiger partial charge in [0.15, 0.2) is 0 Å². The van der Waals surface area contributed by atoms with Crippen molar-refractivity contribution in [3.63, 3.8) is 0 Å². The minimum Gasteiger partial charge on any atom is -0.311 e. The number of hydrogen-bond acceptors (Lipinski definition) is 1. The van der Waals surface area contributed by atoms with Crippen LogP contribution in [0.1, 0.15) is 47.0 Å². The summed E-state index contributed by atoms with van der Waals surface area (Å²) in [4.78, 5) is 0. The van der Waals surface area contributed by atoms with E-state index in [9.17, 15) is 0 Å². The van der Waals surface area contributed by atoms with Crippen molar-refractivity contribution < 1.29 is 0 Å². The molecule has 0 spiro atoms. The summed E-state index contributed by atoms with van der Waals surface area (Å²) in [5, 5.41) is 3.66. The van der Waals surface area contributed by atoms with Crippen molar-refractivity contribution in [1.29, 1.82) is 0 Å². The van der Waals surface area contributed by atoms with Crippen LogP contribution >= 0.6 is 0 Å². The van der Waals surface area contributed by atoms with Gasteiger partial charge < -0.3 is 5.32 Å². The predicted octanol–water partition coefficient (Wildman–Crippen LogP) is 2.81. The highest BCUT2D eigenvalue weighted by Crippen LogP contribution is 2.22. The van der Waals surface area contributed by atoms with E-state index in [2.05, 4.69) is 33.0 Å². The zero-order valence-corrected chi connectivity index (χ0v) is 8.93. The van der Waals surface area contributed by atoms with Crippen LogP contribution in [0.4, 0.5) is 0 Å². The maximum Gasteiger partial charge on any atom is 0.00708 e. The fraction of sp³-hybridized carbons (Fsp3) is 1.00. The quantitative estimate of drug-likeness (QED) is 0.667. The van der Waals surface area contributed by atoms with Gasteiger partial charge in [-0.1, -0.05) is 20.8 Å². The molecule has 1 N–H and O–H groups in total. The second-order valence-corrected chi connectivity index (χ2v) is 4.84. The van der Waals surface area contributed by atoms with Gasteiger partial charge in [0.25, 0.3) is 0 Å². The Hall–Kier alpha value is -0.0400. The normalized spacial score (nSPS) is 22.8. The molecular weight excluding hydrogens is 146 g/mol. The lowest BCUT2D eigenvalue weighted by atomic mass is 9.93. The third-order valence-electron chi connectivity index (χ3n) is 2.77. The predicted molar refractivity (Wildman–Crippen MR) is 54.2 cm³/mol. The molecule has 1 aliphatic carbocycles. The van der Waals surface area contributed by atoms with Gasteiger partial charge in [0.2, 0.25) is 0 Å². The van der Waals surface area contributed by atoms with Crippen molar-refractivity contribution in [3.8, 4) is 0 Å². The molecule has 1 nitrogen and oxygen atoms in total. The summed E-state index contributed by atoms with van der Waals surface area (Å²) in [5.74, 6) is 1.66. The van der Waals surface area contributed by atoms with Gasteiger partial charge in [-0.25, -0.2) is 0 Å². The monoisotopic (exact) mass is 169 g/mol. The van der Waals surface area contributed by atoms with E-state index in [1.807, 2.05) is 0 Å². The van der Waals surface area contributed by atoms with Crippen molar-refractivity contribution >= 4 is 0 Å². The van der Waals surface area contributed by atoms with Crippen LogP contribution in [0, 0.1) is 11.8 Å². The van der Waals surface area contributed by atoms with Crippen LogP contribution in [0.25, 0.3) is 0 Å². The SMILES string of the molecule is CC(C)CC(C)C(C)NC1CC1. The molecule has 1 aliphatic rings. The van der Waals surface area contributed by atoms with Crippen LogP contribution in [-0.4, -0.2) is 12.1 Å². The van der Waals surface area contributed by atoms with Crippen LogP contribution in [-0.2, 0) is 0 Å². The van der Waals surface area contributed by atoms with E-state index in [0.717, 1.165) is 17.9 Å². The van der Waals surface area contributed by atoms with E-state index < -0.39 is 0 Å². The number of hydrogen-bond donors (Lipinski definition) is 1. The van der Waals surface area contributed by atoms with Crippen LogP contribution in [0.5, 0.6) is 0 Å². The van der Waals surface area contributed by atoms with Crippen LogP contribution < -0.4 is 5.32 Å². The molecule has 0 bridgehead atoms. The van der Waals surface area contributed by atoms with Crippen molar-refractivity contribution in [2.24, 2.45) is 11.8 Å². The topological polar surface area (TPSA) is 12.0 Å². The van der Waals surface area contributed by atoms with Crippen LogP contribution in [0.3, 0.4) is 0 Å². The second kappa shape index (κ2) is 4.27. The van der Waals surface area contributed by atoms with Gasteiger partial charge >= 0.3 is 0 Å². The summed E-state index contributed by atoms with van der Waals surface area (Å²) < 4.78 is 0. The second-order valence-electron chi connectivity index (χ2n) is 4.84. The number of rotatable bonds is 5. The lowest BCUT2D eigenvalue weighted by molar-refractivity contribution is 0.338. The first kappa shape index (κ1) is 10.0. The molecule has 0 radical (unpaired) electrons. The third-order valence-corrected chi connectivity index (χ3v) is 2.77. The molecule has 1 heteroatoms. The van der Waals surface area contributed by atoms with Gasteiger partial charge in [-0.3, -0.25) is 0 Å². The number of nitrogens with one attached hydrogen (secondary N) is 1. The molecule has 1 fully saturated rings. The average Bonchev–Trinajstić information content (AvgIpc) is 2.70. The Morgan fingerprint density at radius 2 is 1.75 bits per heavy atom. The highest BCUT2D eigenvalue weighted by atomic mass is 15.0. The van der Waals surface area contributed by atoms with Crippen LogP contribution in [0.2, 0.25) is 0 Å². The van der Waals surface area contributed by atoms with Gasteiger partial charge in [0, 0.05) is 12.1 Å². The summed E-state index contributed by atoms with van der Waals surface area (Å²) >= 11 is 0. The Morgan fingerprint density at radius 1 is 1.17 bits per heavy atom. The molecule has 0 saturated heterocycles. The molecular formula is C11H23N. The molecule has 72 valence electrons. The highest BCUT2D eigenvalue weighted by Gasteiger charge is 2.24. The fourth-order valence-electron chi connectivity index (χ4n) is 1.73. The highest BCUT2D eigenvalue weighted by molar-refractivity contribution is 4.85. The van der Waals surface area contributed by atoms with Gasteiger partial charge in [-0.05, 0) is 38.0 Å². The zero-order valence-electron chi connectivity index (χ0n) is 8.93. The first-order valence-corrected chi connectivity index (χ1v) is 5.35. The molecule has 0 aromatic rings. The molecule has 12 heavy (non-hydrogen) atoms. The lowest BCUT2D eigenvalue weighted by Crippen LogP contribution is -2.34. The first-order chi connectivity index (χ1) is 5.59. The summed E-state index contributed by atoms with van der Waals surface area (Å²) in [7, 11) is 0. The minimum absolute atomic E-state index is 0.708. The average molecular weight is 169 g/mol. The third kappa shape index (κ3) is 3.57. The Morgan fingerprint density at radius 3 is 2.17 bits per heavy atom. The maximum absolute atomic E-state index is 3.66. The van der Waals surface area contributed by atoms with Gasteiger partial charge in [-0.15, -0.1) is 0 Å². The fourth-order valence-corrected chi connectivity index (χ4v) is 1.73. The van der Waals surface area contributed by atoms with Crippen LogP contribution in [0.15, 0.2) is 0 Å². The van der Waals surface area contributed by atoms with E-state index in [1.165, 1.54) is 19.3 Å². The minimum atomic E-state index is 0.708. The van der Waals surface area contributed by atoms with E-state index in [0.29, 0.717) is 6.04 Å². The molecule has 1 rings (SSSR count). The van der Waals surface area contributed by atoms with E-state index in [4.69, 9.17) is 0 Å². The van der Waals surface area contributed by atoms with Gasteiger partial charge in [-0.2, -0.15) is 0 Å². The first-order valence-electron chi connectivity index (χ1n) is 5.35. The van der Waals surface area contributed by atoms with Gasteiger partial charge in [0.1, 0.15) is 0 Å². The van der Waals surface area contributed by atoms with E-state index >= 15 is 0 Å². The summed E-state index contributed by atoms with van der Waals surface area (Å²) in [6, 6.07) is 1.56. The maximum atomic E-state index is 3.66. The lowest BCUT2D eigenvalue weighted by Gasteiger charge is -2.22. The Kier molecular flexibility index (Phi) is 3.57. The molecule has 0 heterocycles. The Labute approximate surface area is 76.9 Å². The van der Waals surface area contributed by atoms with Crippen molar-refractivity contribution in [3.05, 3.63) is 0 Å². The molecule has 0 aliphatic heterocycles. The zero-order chi connectivity index (χ0) is 9.14. The molecule has 2 atom stereocenters. The molecule has 0 amide bonds. The smallest absolute Gasteiger partial charge is 0.00708 e. The molecule has 0 aromatic carbocycles. The Balaban J connectivity index is 2.14. The molecule has 2 unspecified atom stereocenters. The largest absolute Gasteiger partial charge is 0.311 e.